The molecule has 0 bridgehead atoms. The summed E-state index contributed by atoms with van der Waals surface area (Å²) in [5.41, 5.74) is 5.85. The largest absolute Gasteiger partial charge is 0.381 e. The molecule has 0 atom stereocenters. The number of hydrogen-bond acceptors (Lipinski definition) is 4. The van der Waals surface area contributed by atoms with Crippen molar-refractivity contribution in [3.63, 3.8) is 0 Å². The van der Waals surface area contributed by atoms with Crippen LogP contribution in [0, 0.1) is 5.82 Å². The molecule has 1 aromatic carbocycles. The first-order valence-corrected chi connectivity index (χ1v) is 8.20. The zero-order valence-electron chi connectivity index (χ0n) is 13.5. The second-order valence-corrected chi connectivity index (χ2v) is 6.36. The number of rotatable bonds is 2. The van der Waals surface area contributed by atoms with E-state index in [0.717, 1.165) is 0 Å². The molecule has 24 heavy (non-hydrogen) atoms. The highest BCUT2D eigenvalue weighted by Gasteiger charge is 2.40. The molecule has 0 radical (unpaired) electrons. The maximum atomic E-state index is 13.0. The van der Waals surface area contributed by atoms with Crippen LogP contribution in [-0.4, -0.2) is 66.5 Å². The quantitative estimate of drug-likeness (QED) is 0.860. The Bertz CT molecular complexity index is 606. The lowest BCUT2D eigenvalue weighted by Crippen LogP contribution is -2.61. The average molecular weight is 335 g/mol. The van der Waals surface area contributed by atoms with Gasteiger partial charge in [0.05, 0.1) is 5.54 Å². The van der Waals surface area contributed by atoms with Crippen molar-refractivity contribution < 1.29 is 18.7 Å². The summed E-state index contributed by atoms with van der Waals surface area (Å²) >= 11 is 0. The number of nitrogens with two attached hydrogens (primary N) is 1. The first kappa shape index (κ1) is 16.9. The van der Waals surface area contributed by atoms with Crippen LogP contribution in [0.4, 0.5) is 4.39 Å². The number of nitrogens with zero attached hydrogens (tertiary/aromatic N) is 2. The van der Waals surface area contributed by atoms with E-state index in [1.165, 1.54) is 24.3 Å². The van der Waals surface area contributed by atoms with Crippen LogP contribution in [-0.2, 0) is 9.53 Å². The lowest BCUT2D eigenvalue weighted by molar-refractivity contribution is -0.142. The van der Waals surface area contributed by atoms with Crippen LogP contribution in [0.1, 0.15) is 23.2 Å². The monoisotopic (exact) mass is 335 g/mol. The van der Waals surface area contributed by atoms with Crippen LogP contribution in [0.3, 0.4) is 0 Å². The summed E-state index contributed by atoms with van der Waals surface area (Å²) in [6, 6.07) is 5.50. The van der Waals surface area contributed by atoms with Crippen molar-refractivity contribution in [2.24, 2.45) is 5.73 Å². The molecule has 2 heterocycles. The predicted octanol–water partition coefficient (Wildman–Crippen LogP) is 0.618. The molecule has 2 aliphatic rings. The fourth-order valence-electron chi connectivity index (χ4n) is 3.15. The molecule has 0 aliphatic carbocycles. The highest BCUT2D eigenvalue weighted by atomic mass is 19.1. The molecule has 2 amide bonds. The molecule has 0 unspecified atom stereocenters. The maximum Gasteiger partial charge on any atom is 0.253 e. The van der Waals surface area contributed by atoms with Gasteiger partial charge in [-0.2, -0.15) is 0 Å². The Balaban J connectivity index is 1.58. The smallest absolute Gasteiger partial charge is 0.253 e. The minimum absolute atomic E-state index is 0.0559. The van der Waals surface area contributed by atoms with Gasteiger partial charge < -0.3 is 20.3 Å². The number of halogens is 1. The Morgan fingerprint density at radius 2 is 1.54 bits per heavy atom. The summed E-state index contributed by atoms with van der Waals surface area (Å²) in [4.78, 5) is 28.5. The predicted molar refractivity (Wildman–Crippen MR) is 85.9 cm³/mol. The van der Waals surface area contributed by atoms with Crippen LogP contribution >= 0.6 is 0 Å². The molecule has 1 aromatic rings. The van der Waals surface area contributed by atoms with Crippen LogP contribution < -0.4 is 5.73 Å². The van der Waals surface area contributed by atoms with E-state index >= 15 is 0 Å². The minimum Gasteiger partial charge on any atom is -0.381 e. The van der Waals surface area contributed by atoms with Gasteiger partial charge in [-0.15, -0.1) is 0 Å². The topological polar surface area (TPSA) is 75.9 Å². The Morgan fingerprint density at radius 3 is 2.12 bits per heavy atom. The van der Waals surface area contributed by atoms with Crippen LogP contribution in [0.2, 0.25) is 0 Å². The first-order chi connectivity index (χ1) is 11.5. The third kappa shape index (κ3) is 3.42. The number of benzene rings is 1. The van der Waals surface area contributed by atoms with Crippen LogP contribution in [0.25, 0.3) is 0 Å². The Kier molecular flexibility index (Phi) is 4.82. The average Bonchev–Trinajstić information content (AvgIpc) is 2.62. The molecular formula is C17H22FN3O3. The van der Waals surface area contributed by atoms with Gasteiger partial charge in [-0.25, -0.2) is 4.39 Å². The molecule has 2 fully saturated rings. The molecule has 0 saturated carbocycles. The van der Waals surface area contributed by atoms with Crippen molar-refractivity contribution in [1.29, 1.82) is 0 Å². The molecule has 3 rings (SSSR count). The van der Waals surface area contributed by atoms with Gasteiger partial charge in [-0.05, 0) is 37.1 Å². The standard InChI is InChI=1S/C17H22FN3O3/c18-14-3-1-13(2-4-14)15(22)20-7-9-21(10-8-20)16(23)17(19)5-11-24-12-6-17/h1-4H,5-12,19H2. The van der Waals surface area contributed by atoms with Crippen molar-refractivity contribution in [3.05, 3.63) is 35.6 Å². The molecule has 6 nitrogen and oxygen atoms in total. The van der Waals surface area contributed by atoms with E-state index in [-0.39, 0.29) is 17.6 Å². The van der Waals surface area contributed by atoms with Crippen molar-refractivity contribution >= 4 is 11.8 Å². The molecular weight excluding hydrogens is 313 g/mol. The number of carbonyl (C=O) groups is 2. The Morgan fingerprint density at radius 1 is 1.00 bits per heavy atom. The van der Waals surface area contributed by atoms with Crippen molar-refractivity contribution in [2.45, 2.75) is 18.4 Å². The van der Waals surface area contributed by atoms with E-state index in [4.69, 9.17) is 10.5 Å². The SMILES string of the molecule is NC1(C(=O)N2CCN(C(=O)c3ccc(F)cc3)CC2)CCOCC1. The zero-order valence-corrected chi connectivity index (χ0v) is 13.5. The highest BCUT2D eigenvalue weighted by molar-refractivity contribution is 5.94. The third-order valence-electron chi connectivity index (χ3n) is 4.76. The fraction of sp³-hybridized carbons (Fsp3) is 0.529. The third-order valence-corrected chi connectivity index (χ3v) is 4.76. The van der Waals surface area contributed by atoms with E-state index in [9.17, 15) is 14.0 Å². The molecule has 2 aliphatic heterocycles. The molecule has 2 saturated heterocycles. The summed E-state index contributed by atoms with van der Waals surface area (Å²) < 4.78 is 18.2. The second kappa shape index (κ2) is 6.86. The number of ether oxygens (including phenoxy) is 1. The summed E-state index contributed by atoms with van der Waals surface area (Å²) in [5.74, 6) is -0.568. The summed E-state index contributed by atoms with van der Waals surface area (Å²) in [6.07, 6.45) is 1.06. The molecule has 2 N–H and O–H groups in total. The zero-order chi connectivity index (χ0) is 17.2. The summed E-state index contributed by atoms with van der Waals surface area (Å²) in [5, 5.41) is 0. The Labute approximate surface area is 140 Å². The van der Waals surface area contributed by atoms with E-state index in [1.54, 1.807) is 9.80 Å². The van der Waals surface area contributed by atoms with Crippen molar-refractivity contribution in [1.82, 2.24) is 9.80 Å². The van der Waals surface area contributed by atoms with Gasteiger partial charge in [0.1, 0.15) is 5.82 Å². The Hall–Kier alpha value is -1.99. The molecule has 130 valence electrons. The normalized spacial score (nSPS) is 20.8. The minimum atomic E-state index is -0.846. The summed E-state index contributed by atoms with van der Waals surface area (Å²) in [6.45, 7) is 2.84. The van der Waals surface area contributed by atoms with Gasteiger partial charge in [0.25, 0.3) is 5.91 Å². The number of hydrogen-bond donors (Lipinski definition) is 1. The lowest BCUT2D eigenvalue weighted by atomic mass is 9.89. The van der Waals surface area contributed by atoms with E-state index in [2.05, 4.69) is 0 Å². The second-order valence-electron chi connectivity index (χ2n) is 6.36. The van der Waals surface area contributed by atoms with Gasteiger partial charge in [0, 0.05) is 45.0 Å². The van der Waals surface area contributed by atoms with E-state index in [1.807, 2.05) is 0 Å². The highest BCUT2D eigenvalue weighted by Crippen LogP contribution is 2.21. The summed E-state index contributed by atoms with van der Waals surface area (Å²) in [7, 11) is 0. The number of amides is 2. The van der Waals surface area contributed by atoms with Gasteiger partial charge in [0.2, 0.25) is 5.91 Å². The van der Waals surface area contributed by atoms with Gasteiger partial charge in [0.15, 0.2) is 0 Å². The van der Waals surface area contributed by atoms with E-state index in [0.29, 0.717) is 57.8 Å². The molecule has 0 spiro atoms. The van der Waals surface area contributed by atoms with Crippen LogP contribution in [0.15, 0.2) is 24.3 Å². The van der Waals surface area contributed by atoms with Crippen molar-refractivity contribution in [2.75, 3.05) is 39.4 Å². The molecule has 7 heteroatoms. The number of piperazine rings is 1. The fourth-order valence-corrected chi connectivity index (χ4v) is 3.15. The molecule has 0 aromatic heterocycles. The maximum absolute atomic E-state index is 13.0. The van der Waals surface area contributed by atoms with Gasteiger partial charge >= 0.3 is 0 Å². The number of carbonyl (C=O) groups excluding carboxylic acids is 2. The van der Waals surface area contributed by atoms with Gasteiger partial charge in [-0.1, -0.05) is 0 Å². The van der Waals surface area contributed by atoms with Gasteiger partial charge in [-0.3, -0.25) is 9.59 Å². The van der Waals surface area contributed by atoms with Crippen LogP contribution in [0.5, 0.6) is 0 Å². The lowest BCUT2D eigenvalue weighted by Gasteiger charge is -2.40. The van der Waals surface area contributed by atoms with E-state index < -0.39 is 5.54 Å². The van der Waals surface area contributed by atoms with Crippen molar-refractivity contribution in [3.8, 4) is 0 Å². The first-order valence-electron chi connectivity index (χ1n) is 8.20.